The molecule has 0 aliphatic carbocycles. The van der Waals surface area contributed by atoms with Crippen molar-refractivity contribution in [2.24, 2.45) is 0 Å². The van der Waals surface area contributed by atoms with Crippen molar-refractivity contribution in [1.29, 1.82) is 0 Å². The van der Waals surface area contributed by atoms with Crippen LogP contribution < -0.4 is 10.6 Å². The Labute approximate surface area is 183 Å². The molecule has 2 N–H and O–H groups in total. The molecule has 4 unspecified atom stereocenters. The van der Waals surface area contributed by atoms with E-state index >= 15 is 0 Å². The second-order valence-electron chi connectivity index (χ2n) is 8.76. The number of benzene rings is 1. The number of fused-ring (bicyclic) bond motifs is 1. The highest BCUT2D eigenvalue weighted by Gasteiger charge is 2.44. The van der Waals surface area contributed by atoms with Crippen LogP contribution >= 0.6 is 0 Å². The molecule has 0 radical (unpaired) electrons. The minimum atomic E-state index is -0.247. The Balaban J connectivity index is 1.33. The third kappa shape index (κ3) is 4.91. The van der Waals surface area contributed by atoms with Crippen molar-refractivity contribution in [1.82, 2.24) is 20.4 Å². The van der Waals surface area contributed by atoms with Crippen molar-refractivity contribution >= 4 is 17.7 Å². The third-order valence-electron chi connectivity index (χ3n) is 6.74. The van der Waals surface area contributed by atoms with Crippen molar-refractivity contribution in [3.05, 3.63) is 35.9 Å². The maximum Gasteiger partial charge on any atom is 0.251 e. The number of nitrogens with one attached hydrogen (secondary N) is 2. The molecule has 4 atom stereocenters. The first kappa shape index (κ1) is 21.8. The van der Waals surface area contributed by atoms with Gasteiger partial charge in [0.2, 0.25) is 11.8 Å². The SMILES string of the molecule is COCC1CCCN1C(=O)CCC1CNC(=O)C2CC(NC(=O)c3ccccc3)CN12. The zero-order chi connectivity index (χ0) is 21.8. The van der Waals surface area contributed by atoms with Gasteiger partial charge in [-0.15, -0.1) is 0 Å². The molecule has 0 bridgehead atoms. The molecule has 8 heteroatoms. The summed E-state index contributed by atoms with van der Waals surface area (Å²) in [5, 5.41) is 6.07. The molecule has 3 saturated heterocycles. The number of methoxy groups -OCH3 is 1. The summed E-state index contributed by atoms with van der Waals surface area (Å²) < 4.78 is 5.26. The first-order valence-corrected chi connectivity index (χ1v) is 11.2. The van der Waals surface area contributed by atoms with E-state index < -0.39 is 0 Å². The van der Waals surface area contributed by atoms with Crippen molar-refractivity contribution in [2.45, 2.75) is 56.3 Å². The molecule has 1 aromatic carbocycles. The lowest BCUT2D eigenvalue weighted by Gasteiger charge is -2.37. The molecule has 8 nitrogen and oxygen atoms in total. The fraction of sp³-hybridized carbons (Fsp3) is 0.609. The minimum Gasteiger partial charge on any atom is -0.383 e. The van der Waals surface area contributed by atoms with Crippen LogP contribution in [0.1, 0.15) is 42.5 Å². The lowest BCUT2D eigenvalue weighted by Crippen LogP contribution is -2.58. The lowest BCUT2D eigenvalue weighted by molar-refractivity contribution is -0.133. The average Bonchev–Trinajstić information content (AvgIpc) is 3.42. The number of likely N-dealkylation sites (tertiary alicyclic amines) is 1. The second-order valence-corrected chi connectivity index (χ2v) is 8.76. The van der Waals surface area contributed by atoms with Crippen molar-refractivity contribution in [2.75, 3.05) is 33.4 Å². The largest absolute Gasteiger partial charge is 0.383 e. The maximum absolute atomic E-state index is 12.8. The van der Waals surface area contributed by atoms with Gasteiger partial charge in [0, 0.05) is 50.8 Å². The molecule has 3 fully saturated rings. The summed E-state index contributed by atoms with van der Waals surface area (Å²) in [4.78, 5) is 41.9. The summed E-state index contributed by atoms with van der Waals surface area (Å²) in [6.45, 7) is 2.56. The molecule has 31 heavy (non-hydrogen) atoms. The number of amides is 3. The van der Waals surface area contributed by atoms with Crippen molar-refractivity contribution in [3.8, 4) is 0 Å². The molecule has 168 valence electrons. The number of carbonyl (C=O) groups excluding carboxylic acids is 3. The zero-order valence-electron chi connectivity index (χ0n) is 18.1. The number of hydrogen-bond donors (Lipinski definition) is 2. The van der Waals surface area contributed by atoms with Gasteiger partial charge in [0.25, 0.3) is 5.91 Å². The number of piperazine rings is 1. The van der Waals surface area contributed by atoms with Crippen LogP contribution in [0.4, 0.5) is 0 Å². The normalized spacial score (nSPS) is 28.3. The van der Waals surface area contributed by atoms with E-state index in [2.05, 4.69) is 15.5 Å². The van der Waals surface area contributed by atoms with Gasteiger partial charge in [0.05, 0.1) is 18.7 Å². The molecule has 3 aliphatic heterocycles. The van der Waals surface area contributed by atoms with Crippen LogP contribution in [0.2, 0.25) is 0 Å². The highest BCUT2D eigenvalue weighted by molar-refractivity contribution is 5.94. The van der Waals surface area contributed by atoms with Crippen LogP contribution in [0.3, 0.4) is 0 Å². The summed E-state index contributed by atoms with van der Waals surface area (Å²) in [5.41, 5.74) is 0.621. The monoisotopic (exact) mass is 428 g/mol. The Morgan fingerprint density at radius 1 is 1.23 bits per heavy atom. The molecule has 0 aromatic heterocycles. The molecule has 3 heterocycles. The van der Waals surface area contributed by atoms with Crippen molar-refractivity contribution < 1.29 is 19.1 Å². The molecular formula is C23H32N4O4. The van der Waals surface area contributed by atoms with E-state index in [1.807, 2.05) is 23.1 Å². The number of hydrogen-bond acceptors (Lipinski definition) is 5. The van der Waals surface area contributed by atoms with E-state index in [1.165, 1.54) is 0 Å². The highest BCUT2D eigenvalue weighted by Crippen LogP contribution is 2.27. The van der Waals surface area contributed by atoms with Gasteiger partial charge in [-0.2, -0.15) is 0 Å². The highest BCUT2D eigenvalue weighted by atomic mass is 16.5. The topological polar surface area (TPSA) is 91.0 Å². The lowest BCUT2D eigenvalue weighted by atomic mass is 10.0. The van der Waals surface area contributed by atoms with Gasteiger partial charge in [-0.1, -0.05) is 18.2 Å². The van der Waals surface area contributed by atoms with Crippen LogP contribution in [-0.2, 0) is 14.3 Å². The fourth-order valence-corrected chi connectivity index (χ4v) is 5.17. The molecular weight excluding hydrogens is 396 g/mol. The number of ether oxygens (including phenoxy) is 1. The Morgan fingerprint density at radius 2 is 2.03 bits per heavy atom. The Kier molecular flexibility index (Phi) is 6.87. The van der Waals surface area contributed by atoms with Crippen LogP contribution in [0.25, 0.3) is 0 Å². The predicted octanol–water partition coefficient (Wildman–Crippen LogP) is 0.775. The molecule has 4 rings (SSSR count). The summed E-state index contributed by atoms with van der Waals surface area (Å²) in [5.74, 6) is 0.0654. The minimum absolute atomic E-state index is 0.0127. The summed E-state index contributed by atoms with van der Waals surface area (Å²) in [6.07, 6.45) is 3.78. The smallest absolute Gasteiger partial charge is 0.251 e. The van der Waals surface area contributed by atoms with E-state index in [-0.39, 0.29) is 41.9 Å². The van der Waals surface area contributed by atoms with Gasteiger partial charge in [0.1, 0.15) is 0 Å². The first-order chi connectivity index (χ1) is 15.1. The van der Waals surface area contributed by atoms with Gasteiger partial charge in [-0.05, 0) is 37.8 Å². The van der Waals surface area contributed by atoms with Crippen LogP contribution in [0.5, 0.6) is 0 Å². The molecule has 0 saturated carbocycles. The summed E-state index contributed by atoms with van der Waals surface area (Å²) >= 11 is 0. The molecule has 3 amide bonds. The van der Waals surface area contributed by atoms with E-state index in [1.54, 1.807) is 19.2 Å². The number of nitrogens with zero attached hydrogens (tertiary/aromatic N) is 2. The Morgan fingerprint density at radius 3 is 2.81 bits per heavy atom. The Bertz CT molecular complexity index is 802. The maximum atomic E-state index is 12.8. The first-order valence-electron chi connectivity index (χ1n) is 11.2. The Hall–Kier alpha value is -2.45. The van der Waals surface area contributed by atoms with Gasteiger partial charge in [0.15, 0.2) is 0 Å². The van der Waals surface area contributed by atoms with Crippen LogP contribution in [0, 0.1) is 0 Å². The molecule has 1 aromatic rings. The van der Waals surface area contributed by atoms with Gasteiger partial charge in [-0.3, -0.25) is 19.3 Å². The predicted molar refractivity (Wildman–Crippen MR) is 115 cm³/mol. The standard InChI is InChI=1S/C23H32N4O4/c1-31-15-19-8-5-11-26(19)21(28)10-9-18-13-24-23(30)20-12-17(14-27(18)20)25-22(29)16-6-3-2-4-7-16/h2-4,6-7,17-20H,5,8-15H2,1H3,(H,24,30)(H,25,29). The van der Waals surface area contributed by atoms with E-state index in [4.69, 9.17) is 4.74 Å². The number of carbonyl (C=O) groups is 3. The molecule has 0 spiro atoms. The van der Waals surface area contributed by atoms with E-state index in [0.717, 1.165) is 19.4 Å². The third-order valence-corrected chi connectivity index (χ3v) is 6.74. The molecule has 3 aliphatic rings. The zero-order valence-corrected chi connectivity index (χ0v) is 18.1. The average molecular weight is 429 g/mol. The van der Waals surface area contributed by atoms with Crippen LogP contribution in [-0.4, -0.2) is 85.0 Å². The van der Waals surface area contributed by atoms with Crippen molar-refractivity contribution in [3.63, 3.8) is 0 Å². The van der Waals surface area contributed by atoms with E-state index in [0.29, 0.717) is 44.5 Å². The van der Waals surface area contributed by atoms with E-state index in [9.17, 15) is 14.4 Å². The van der Waals surface area contributed by atoms with Gasteiger partial charge < -0.3 is 20.3 Å². The number of rotatable bonds is 7. The summed E-state index contributed by atoms with van der Waals surface area (Å²) in [6, 6.07) is 9.09. The summed E-state index contributed by atoms with van der Waals surface area (Å²) in [7, 11) is 1.67. The fourth-order valence-electron chi connectivity index (χ4n) is 5.17. The second kappa shape index (κ2) is 9.78. The van der Waals surface area contributed by atoms with Gasteiger partial charge >= 0.3 is 0 Å². The quantitative estimate of drug-likeness (QED) is 0.670. The van der Waals surface area contributed by atoms with Gasteiger partial charge in [-0.25, -0.2) is 0 Å². The van der Waals surface area contributed by atoms with Crippen LogP contribution in [0.15, 0.2) is 30.3 Å².